The van der Waals surface area contributed by atoms with Crippen molar-refractivity contribution in [1.29, 1.82) is 0 Å². The molecule has 2 aromatic rings. The van der Waals surface area contributed by atoms with E-state index in [1.165, 1.54) is 11.3 Å². The molecule has 0 bridgehead atoms. The lowest BCUT2D eigenvalue weighted by molar-refractivity contribution is -0.139. The molecule has 0 saturated carbocycles. The lowest BCUT2D eigenvalue weighted by Crippen LogP contribution is -2.41. The molecule has 0 aliphatic heterocycles. The van der Waals surface area contributed by atoms with Crippen LogP contribution in [0.2, 0.25) is 0 Å². The van der Waals surface area contributed by atoms with E-state index < -0.39 is 0 Å². The maximum absolute atomic E-state index is 13.3. The summed E-state index contributed by atoms with van der Waals surface area (Å²) in [6.07, 6.45) is 7.31. The Bertz CT molecular complexity index is 677. The van der Waals surface area contributed by atoms with E-state index in [1.54, 1.807) is 0 Å². The third-order valence-electron chi connectivity index (χ3n) is 5.61. The van der Waals surface area contributed by atoms with Gasteiger partial charge in [0, 0.05) is 30.4 Å². The van der Waals surface area contributed by atoms with Crippen molar-refractivity contribution in [2.75, 3.05) is 0 Å². The standard InChI is InChI=1S/C24H36N2O/c1-5-8-15-22(7-3)24(27)26(20(4)6-2)19-23-16-12-17-25(23)18-21-13-10-9-11-14-21/h9-14,16-17,20,22H,5-8,15,18-19H2,1-4H3/t20-,22+/m0/s1. The van der Waals surface area contributed by atoms with Crippen molar-refractivity contribution >= 4 is 5.91 Å². The summed E-state index contributed by atoms with van der Waals surface area (Å²) in [6, 6.07) is 15.0. The van der Waals surface area contributed by atoms with Gasteiger partial charge in [-0.05, 0) is 43.9 Å². The number of rotatable bonds is 11. The number of amides is 1. The molecule has 0 saturated heterocycles. The first-order valence-electron chi connectivity index (χ1n) is 10.6. The van der Waals surface area contributed by atoms with E-state index >= 15 is 0 Å². The van der Waals surface area contributed by atoms with Crippen molar-refractivity contribution in [3.8, 4) is 0 Å². The highest BCUT2D eigenvalue weighted by Crippen LogP contribution is 2.21. The molecule has 148 valence electrons. The van der Waals surface area contributed by atoms with Gasteiger partial charge >= 0.3 is 0 Å². The Balaban J connectivity index is 2.17. The fourth-order valence-electron chi connectivity index (χ4n) is 3.56. The van der Waals surface area contributed by atoms with Gasteiger partial charge in [-0.2, -0.15) is 0 Å². The highest BCUT2D eigenvalue weighted by molar-refractivity contribution is 5.79. The van der Waals surface area contributed by atoms with Gasteiger partial charge in [0.25, 0.3) is 0 Å². The lowest BCUT2D eigenvalue weighted by atomic mass is 9.96. The molecule has 1 amide bonds. The van der Waals surface area contributed by atoms with E-state index in [4.69, 9.17) is 0 Å². The van der Waals surface area contributed by atoms with Crippen molar-refractivity contribution < 1.29 is 4.79 Å². The van der Waals surface area contributed by atoms with E-state index in [0.29, 0.717) is 12.5 Å². The van der Waals surface area contributed by atoms with Crippen molar-refractivity contribution in [3.05, 3.63) is 59.9 Å². The molecule has 0 radical (unpaired) electrons. The third-order valence-corrected chi connectivity index (χ3v) is 5.61. The van der Waals surface area contributed by atoms with Crippen LogP contribution in [-0.4, -0.2) is 21.4 Å². The van der Waals surface area contributed by atoms with Crippen molar-refractivity contribution in [2.24, 2.45) is 5.92 Å². The minimum atomic E-state index is 0.150. The second-order valence-electron chi connectivity index (χ2n) is 7.58. The maximum Gasteiger partial charge on any atom is 0.226 e. The number of benzene rings is 1. The molecule has 1 aromatic carbocycles. The summed E-state index contributed by atoms with van der Waals surface area (Å²) in [5.74, 6) is 0.476. The molecule has 3 nitrogen and oxygen atoms in total. The summed E-state index contributed by atoms with van der Waals surface area (Å²) in [4.78, 5) is 15.4. The van der Waals surface area contributed by atoms with Crippen LogP contribution in [0.1, 0.15) is 71.1 Å². The largest absolute Gasteiger partial charge is 0.345 e. The van der Waals surface area contributed by atoms with Crippen LogP contribution in [0.3, 0.4) is 0 Å². The third kappa shape index (κ3) is 5.98. The molecule has 0 N–H and O–H groups in total. The zero-order valence-corrected chi connectivity index (χ0v) is 17.5. The molecule has 0 aliphatic rings. The quantitative estimate of drug-likeness (QED) is 0.486. The average molecular weight is 369 g/mol. The zero-order chi connectivity index (χ0) is 19.6. The van der Waals surface area contributed by atoms with E-state index in [1.807, 2.05) is 6.07 Å². The Kier molecular flexibility index (Phi) is 8.63. The van der Waals surface area contributed by atoms with Crippen LogP contribution in [0, 0.1) is 5.92 Å². The Morgan fingerprint density at radius 2 is 1.78 bits per heavy atom. The topological polar surface area (TPSA) is 25.2 Å². The molecule has 1 aromatic heterocycles. The van der Waals surface area contributed by atoms with Crippen molar-refractivity contribution in [3.63, 3.8) is 0 Å². The van der Waals surface area contributed by atoms with Crippen molar-refractivity contribution in [1.82, 2.24) is 9.47 Å². The molecular formula is C24H36N2O. The molecule has 0 spiro atoms. The fourth-order valence-corrected chi connectivity index (χ4v) is 3.56. The number of carbonyl (C=O) groups is 1. The lowest BCUT2D eigenvalue weighted by Gasteiger charge is -2.32. The number of aromatic nitrogens is 1. The first kappa shape index (κ1) is 21.3. The Morgan fingerprint density at radius 1 is 1.04 bits per heavy atom. The summed E-state index contributed by atoms with van der Waals surface area (Å²) in [6.45, 7) is 10.2. The Hall–Kier alpha value is -2.03. The fraction of sp³-hybridized carbons (Fsp3) is 0.542. The molecule has 1 heterocycles. The molecule has 3 heteroatoms. The molecule has 0 unspecified atom stereocenters. The predicted octanol–water partition coefficient (Wildman–Crippen LogP) is 5.88. The second-order valence-corrected chi connectivity index (χ2v) is 7.58. The summed E-state index contributed by atoms with van der Waals surface area (Å²) >= 11 is 0. The number of carbonyl (C=O) groups excluding carboxylic acids is 1. The molecular weight excluding hydrogens is 332 g/mol. The van der Waals surface area contributed by atoms with Gasteiger partial charge in [-0.3, -0.25) is 4.79 Å². The highest BCUT2D eigenvalue weighted by atomic mass is 16.2. The van der Waals surface area contributed by atoms with Gasteiger partial charge in [0.05, 0.1) is 6.54 Å². The number of nitrogens with zero attached hydrogens (tertiary/aromatic N) is 2. The van der Waals surface area contributed by atoms with Gasteiger partial charge in [-0.1, -0.05) is 63.9 Å². The van der Waals surface area contributed by atoms with Crippen LogP contribution < -0.4 is 0 Å². The van der Waals surface area contributed by atoms with Gasteiger partial charge in [-0.15, -0.1) is 0 Å². The summed E-state index contributed by atoms with van der Waals surface area (Å²) in [5, 5.41) is 0. The van der Waals surface area contributed by atoms with Gasteiger partial charge in [-0.25, -0.2) is 0 Å². The van der Waals surface area contributed by atoms with Crippen LogP contribution >= 0.6 is 0 Å². The van der Waals surface area contributed by atoms with E-state index in [2.05, 4.69) is 79.8 Å². The smallest absolute Gasteiger partial charge is 0.226 e. The minimum Gasteiger partial charge on any atom is -0.345 e. The summed E-state index contributed by atoms with van der Waals surface area (Å²) < 4.78 is 2.27. The number of hydrogen-bond donors (Lipinski definition) is 0. The molecule has 0 aliphatic carbocycles. The van der Waals surface area contributed by atoms with Crippen LogP contribution in [0.5, 0.6) is 0 Å². The minimum absolute atomic E-state index is 0.150. The predicted molar refractivity (Wildman–Crippen MR) is 114 cm³/mol. The molecule has 27 heavy (non-hydrogen) atoms. The molecule has 0 fully saturated rings. The van der Waals surface area contributed by atoms with Crippen LogP contribution in [0.4, 0.5) is 0 Å². The van der Waals surface area contributed by atoms with Gasteiger partial charge in [0.15, 0.2) is 0 Å². The summed E-state index contributed by atoms with van der Waals surface area (Å²) in [7, 11) is 0. The zero-order valence-electron chi connectivity index (χ0n) is 17.5. The van der Waals surface area contributed by atoms with Crippen LogP contribution in [-0.2, 0) is 17.9 Å². The van der Waals surface area contributed by atoms with E-state index in [9.17, 15) is 4.79 Å². The van der Waals surface area contributed by atoms with Crippen molar-refractivity contribution in [2.45, 2.75) is 78.9 Å². The first-order valence-corrected chi connectivity index (χ1v) is 10.6. The molecule has 2 rings (SSSR count). The average Bonchev–Trinajstić information content (AvgIpc) is 3.13. The first-order chi connectivity index (χ1) is 13.1. The number of hydrogen-bond acceptors (Lipinski definition) is 1. The van der Waals surface area contributed by atoms with E-state index in [-0.39, 0.29) is 12.0 Å². The molecule has 2 atom stereocenters. The Morgan fingerprint density at radius 3 is 2.41 bits per heavy atom. The second kappa shape index (κ2) is 11.0. The normalized spacial score (nSPS) is 13.3. The van der Waals surface area contributed by atoms with Gasteiger partial charge in [0.1, 0.15) is 0 Å². The van der Waals surface area contributed by atoms with Gasteiger partial charge < -0.3 is 9.47 Å². The Labute approximate surface area is 165 Å². The highest BCUT2D eigenvalue weighted by Gasteiger charge is 2.26. The SMILES string of the molecule is CCCC[C@@H](CC)C(=O)N(Cc1cccn1Cc1ccccc1)[C@@H](C)CC. The maximum atomic E-state index is 13.3. The summed E-state index contributed by atoms with van der Waals surface area (Å²) in [5.41, 5.74) is 2.49. The monoisotopic (exact) mass is 368 g/mol. The van der Waals surface area contributed by atoms with Gasteiger partial charge in [0.2, 0.25) is 5.91 Å². The van der Waals surface area contributed by atoms with E-state index in [0.717, 1.165) is 38.6 Å². The van der Waals surface area contributed by atoms with Crippen LogP contribution in [0.25, 0.3) is 0 Å². The number of unbranched alkanes of at least 4 members (excludes halogenated alkanes) is 1. The van der Waals surface area contributed by atoms with Crippen LogP contribution in [0.15, 0.2) is 48.7 Å².